The molecule has 0 saturated carbocycles. The number of benzene rings is 2. The quantitative estimate of drug-likeness (QED) is 0.493. The molecule has 6 heteroatoms. The molecule has 2 aromatic heterocycles. The topological polar surface area (TPSA) is 51.2 Å². The van der Waals surface area contributed by atoms with Gasteiger partial charge >= 0.3 is 0 Å². The molecule has 0 saturated heterocycles. The number of hydrogen-bond acceptors (Lipinski definition) is 4. The molecule has 0 atom stereocenters. The van der Waals surface area contributed by atoms with Gasteiger partial charge in [-0.2, -0.15) is 0 Å². The number of para-hydroxylation sites is 4. The minimum atomic E-state index is 0.716. The maximum absolute atomic E-state index is 4.72. The van der Waals surface area contributed by atoms with Crippen LogP contribution in [0.25, 0.3) is 22.1 Å². The number of aromatic nitrogens is 4. The maximum atomic E-state index is 4.72. The highest BCUT2D eigenvalue weighted by Crippen LogP contribution is 2.22. The van der Waals surface area contributed by atoms with Gasteiger partial charge in [0, 0.05) is 19.6 Å². The van der Waals surface area contributed by atoms with Crippen molar-refractivity contribution in [2.45, 2.75) is 20.0 Å². The standard InChI is InChI=1S/C21H24N6/c1-4-26-18-11-7-5-9-16(18)23-20(26)15-22-21-24-17-10-6-8-12-19(17)27(21)14-13-25(2)3/h5-12,15H,4,13-14H2,1-3H3/b22-15+. The summed E-state index contributed by atoms with van der Waals surface area (Å²) in [7, 11) is 4.15. The van der Waals surface area contributed by atoms with E-state index in [1.807, 2.05) is 42.6 Å². The fraction of sp³-hybridized carbons (Fsp3) is 0.286. The summed E-state index contributed by atoms with van der Waals surface area (Å²) >= 11 is 0. The van der Waals surface area contributed by atoms with Crippen LogP contribution in [0.3, 0.4) is 0 Å². The van der Waals surface area contributed by atoms with E-state index in [9.17, 15) is 0 Å². The Morgan fingerprint density at radius 2 is 1.56 bits per heavy atom. The van der Waals surface area contributed by atoms with Crippen LogP contribution in [-0.2, 0) is 13.1 Å². The zero-order chi connectivity index (χ0) is 18.8. The summed E-state index contributed by atoms with van der Waals surface area (Å²) in [5.41, 5.74) is 4.19. The van der Waals surface area contributed by atoms with E-state index in [0.717, 1.165) is 47.5 Å². The summed E-state index contributed by atoms with van der Waals surface area (Å²) in [5, 5.41) is 0. The zero-order valence-electron chi connectivity index (χ0n) is 16.0. The fourth-order valence-electron chi connectivity index (χ4n) is 3.32. The molecule has 0 bridgehead atoms. The molecule has 0 aliphatic heterocycles. The summed E-state index contributed by atoms with van der Waals surface area (Å²) < 4.78 is 4.34. The third-order valence-corrected chi connectivity index (χ3v) is 4.70. The van der Waals surface area contributed by atoms with E-state index in [0.29, 0.717) is 5.95 Å². The highest BCUT2D eigenvalue weighted by molar-refractivity contribution is 5.86. The molecular formula is C21H24N6. The van der Waals surface area contributed by atoms with Crippen LogP contribution in [0.15, 0.2) is 53.5 Å². The zero-order valence-corrected chi connectivity index (χ0v) is 16.0. The van der Waals surface area contributed by atoms with Crippen LogP contribution >= 0.6 is 0 Å². The Hall–Kier alpha value is -2.99. The van der Waals surface area contributed by atoms with E-state index in [1.54, 1.807) is 0 Å². The van der Waals surface area contributed by atoms with Crippen LogP contribution in [0, 0.1) is 0 Å². The van der Waals surface area contributed by atoms with Crippen LogP contribution in [-0.4, -0.2) is 50.9 Å². The normalized spacial score (nSPS) is 12.1. The third kappa shape index (κ3) is 3.36. The molecule has 6 nitrogen and oxygen atoms in total. The second-order valence-electron chi connectivity index (χ2n) is 6.82. The molecule has 0 fully saturated rings. The summed E-state index contributed by atoms with van der Waals surface area (Å²) in [4.78, 5) is 16.3. The van der Waals surface area contributed by atoms with Gasteiger partial charge in [-0.05, 0) is 45.3 Å². The summed E-state index contributed by atoms with van der Waals surface area (Å²) in [6, 6.07) is 16.4. The van der Waals surface area contributed by atoms with Crippen LogP contribution in [0.1, 0.15) is 12.7 Å². The van der Waals surface area contributed by atoms with Crippen molar-refractivity contribution in [3.63, 3.8) is 0 Å². The van der Waals surface area contributed by atoms with Gasteiger partial charge in [0.1, 0.15) is 0 Å². The van der Waals surface area contributed by atoms with Gasteiger partial charge in [0.2, 0.25) is 5.95 Å². The third-order valence-electron chi connectivity index (χ3n) is 4.70. The first kappa shape index (κ1) is 17.4. The molecule has 0 N–H and O–H groups in total. The first-order valence-corrected chi connectivity index (χ1v) is 9.26. The molecule has 0 amide bonds. The number of rotatable bonds is 6. The van der Waals surface area contributed by atoms with Crippen molar-refractivity contribution in [1.82, 2.24) is 24.0 Å². The average Bonchev–Trinajstić information content (AvgIpc) is 3.21. The molecule has 138 valence electrons. The molecule has 0 unspecified atom stereocenters. The smallest absolute Gasteiger partial charge is 0.230 e. The minimum absolute atomic E-state index is 0.716. The number of aryl methyl sites for hydroxylation is 1. The Balaban J connectivity index is 1.76. The molecule has 0 aliphatic rings. The van der Waals surface area contributed by atoms with Crippen LogP contribution in [0.4, 0.5) is 5.95 Å². The lowest BCUT2D eigenvalue weighted by Gasteiger charge is -2.11. The van der Waals surface area contributed by atoms with Gasteiger partial charge in [-0.25, -0.2) is 15.0 Å². The lowest BCUT2D eigenvalue weighted by molar-refractivity contribution is 0.387. The molecule has 27 heavy (non-hydrogen) atoms. The Labute approximate surface area is 158 Å². The SMILES string of the molecule is CCn1c(/C=N/c2nc3ccccc3n2CCN(C)C)nc2ccccc21. The first-order chi connectivity index (χ1) is 13.2. The monoisotopic (exact) mass is 360 g/mol. The Morgan fingerprint density at radius 1 is 0.926 bits per heavy atom. The lowest BCUT2D eigenvalue weighted by Crippen LogP contribution is -2.18. The van der Waals surface area contributed by atoms with Crippen molar-refractivity contribution in [2.24, 2.45) is 4.99 Å². The second-order valence-corrected chi connectivity index (χ2v) is 6.82. The van der Waals surface area contributed by atoms with E-state index in [1.165, 1.54) is 0 Å². The van der Waals surface area contributed by atoms with E-state index in [-0.39, 0.29) is 0 Å². The fourth-order valence-corrected chi connectivity index (χ4v) is 3.32. The van der Waals surface area contributed by atoms with Crippen LogP contribution in [0.2, 0.25) is 0 Å². The summed E-state index contributed by atoms with van der Waals surface area (Å²) in [6.45, 7) is 4.73. The number of aliphatic imine (C=N–C) groups is 1. The van der Waals surface area contributed by atoms with Gasteiger partial charge in [0.05, 0.1) is 28.3 Å². The van der Waals surface area contributed by atoms with E-state index in [2.05, 4.69) is 47.2 Å². The predicted octanol–water partition coefficient (Wildman–Crippen LogP) is 3.72. The van der Waals surface area contributed by atoms with Crippen LogP contribution < -0.4 is 0 Å². The van der Waals surface area contributed by atoms with Gasteiger partial charge in [-0.1, -0.05) is 24.3 Å². The largest absolute Gasteiger partial charge is 0.323 e. The number of hydrogen-bond donors (Lipinski definition) is 0. The Bertz CT molecular complexity index is 1100. The van der Waals surface area contributed by atoms with Crippen molar-refractivity contribution < 1.29 is 0 Å². The molecule has 0 radical (unpaired) electrons. The minimum Gasteiger partial charge on any atom is -0.323 e. The molecule has 0 spiro atoms. The van der Waals surface area contributed by atoms with E-state index < -0.39 is 0 Å². The molecule has 2 aromatic carbocycles. The van der Waals surface area contributed by atoms with Gasteiger partial charge in [-0.3, -0.25) is 0 Å². The molecule has 4 rings (SSSR count). The van der Waals surface area contributed by atoms with Crippen molar-refractivity contribution in [1.29, 1.82) is 0 Å². The number of fused-ring (bicyclic) bond motifs is 2. The predicted molar refractivity (Wildman–Crippen MR) is 111 cm³/mol. The lowest BCUT2D eigenvalue weighted by atomic mass is 10.3. The van der Waals surface area contributed by atoms with Crippen molar-refractivity contribution in [3.05, 3.63) is 54.4 Å². The van der Waals surface area contributed by atoms with E-state index in [4.69, 9.17) is 15.0 Å². The van der Waals surface area contributed by atoms with Crippen LogP contribution in [0.5, 0.6) is 0 Å². The van der Waals surface area contributed by atoms with Crippen molar-refractivity contribution in [2.75, 3.05) is 20.6 Å². The molecule has 2 heterocycles. The molecule has 0 aliphatic carbocycles. The average molecular weight is 360 g/mol. The number of nitrogens with zero attached hydrogens (tertiary/aromatic N) is 6. The Morgan fingerprint density at radius 3 is 2.22 bits per heavy atom. The summed E-state index contributed by atoms with van der Waals surface area (Å²) in [6.07, 6.45) is 1.83. The summed E-state index contributed by atoms with van der Waals surface area (Å²) in [5.74, 6) is 1.57. The van der Waals surface area contributed by atoms with Gasteiger partial charge in [-0.15, -0.1) is 0 Å². The van der Waals surface area contributed by atoms with Crippen molar-refractivity contribution >= 4 is 34.2 Å². The Kier molecular flexibility index (Phi) is 4.73. The second kappa shape index (κ2) is 7.32. The highest BCUT2D eigenvalue weighted by atomic mass is 15.2. The van der Waals surface area contributed by atoms with E-state index >= 15 is 0 Å². The molecule has 4 aromatic rings. The van der Waals surface area contributed by atoms with Gasteiger partial charge < -0.3 is 14.0 Å². The van der Waals surface area contributed by atoms with Gasteiger partial charge in [0.15, 0.2) is 5.82 Å². The first-order valence-electron chi connectivity index (χ1n) is 9.26. The number of imidazole rings is 2. The maximum Gasteiger partial charge on any atom is 0.230 e. The number of likely N-dealkylation sites (N-methyl/N-ethyl adjacent to an activating group) is 1. The molecular weight excluding hydrogens is 336 g/mol. The highest BCUT2D eigenvalue weighted by Gasteiger charge is 2.11. The van der Waals surface area contributed by atoms with Crippen molar-refractivity contribution in [3.8, 4) is 0 Å². The van der Waals surface area contributed by atoms with Gasteiger partial charge in [0.25, 0.3) is 0 Å².